The van der Waals surface area contributed by atoms with Crippen LogP contribution in [0.4, 0.5) is 4.79 Å². The summed E-state index contributed by atoms with van der Waals surface area (Å²) in [6.45, 7) is 10.1. The summed E-state index contributed by atoms with van der Waals surface area (Å²) in [5, 5.41) is 5.81. The first-order chi connectivity index (χ1) is 10.3. The van der Waals surface area contributed by atoms with E-state index in [9.17, 15) is 4.79 Å². The fourth-order valence-corrected chi connectivity index (χ4v) is 1.35. The Bertz CT molecular complexity index is 229. The van der Waals surface area contributed by atoms with Crippen LogP contribution in [0.3, 0.4) is 0 Å². The number of hydrogen-bond donors (Lipinski definition) is 2. The zero-order chi connectivity index (χ0) is 15.6. The molecule has 7 heteroatoms. The summed E-state index contributed by atoms with van der Waals surface area (Å²) in [6.07, 6.45) is 0.427. The normalized spacial score (nSPS) is 10.6. The van der Waals surface area contributed by atoms with Crippen LogP contribution in [-0.4, -0.2) is 72.0 Å². The summed E-state index contributed by atoms with van der Waals surface area (Å²) in [4.78, 5) is 11.1. The largest absolute Gasteiger partial charge is 0.450 e. The molecule has 0 aromatic rings. The predicted molar refractivity (Wildman–Crippen MR) is 80.6 cm³/mol. The van der Waals surface area contributed by atoms with Crippen molar-refractivity contribution in [3.05, 3.63) is 0 Å². The van der Waals surface area contributed by atoms with Crippen LogP contribution in [0.1, 0.15) is 20.3 Å². The molecule has 0 aliphatic heterocycles. The van der Waals surface area contributed by atoms with Crippen molar-refractivity contribution in [1.29, 1.82) is 0 Å². The minimum atomic E-state index is -0.394. The number of ether oxygens (including phenoxy) is 4. The van der Waals surface area contributed by atoms with Gasteiger partial charge in [-0.15, -0.1) is 0 Å². The molecule has 0 rings (SSSR count). The molecule has 1 amide bonds. The molecule has 7 nitrogen and oxygen atoms in total. The van der Waals surface area contributed by atoms with E-state index < -0.39 is 6.09 Å². The second-order valence-corrected chi connectivity index (χ2v) is 4.23. The van der Waals surface area contributed by atoms with Gasteiger partial charge in [0.15, 0.2) is 0 Å². The Morgan fingerprint density at radius 1 is 0.810 bits per heavy atom. The van der Waals surface area contributed by atoms with Crippen molar-refractivity contribution in [1.82, 2.24) is 10.6 Å². The first kappa shape index (κ1) is 20.1. The van der Waals surface area contributed by atoms with Gasteiger partial charge in [0.05, 0.1) is 39.6 Å². The second kappa shape index (κ2) is 17.2. The summed E-state index contributed by atoms with van der Waals surface area (Å²) in [6, 6.07) is 0. The van der Waals surface area contributed by atoms with Gasteiger partial charge in [-0.3, -0.25) is 0 Å². The zero-order valence-electron chi connectivity index (χ0n) is 13.3. The molecule has 2 N–H and O–H groups in total. The van der Waals surface area contributed by atoms with E-state index in [0.29, 0.717) is 39.6 Å². The number of carbonyl (C=O) groups excluding carboxylic acids is 1. The van der Waals surface area contributed by atoms with Gasteiger partial charge in [-0.25, -0.2) is 4.79 Å². The van der Waals surface area contributed by atoms with Gasteiger partial charge in [0, 0.05) is 26.2 Å². The lowest BCUT2D eigenvalue weighted by Gasteiger charge is -2.08. The number of nitrogens with one attached hydrogen (secondary N) is 2. The molecule has 0 aliphatic rings. The zero-order valence-corrected chi connectivity index (χ0v) is 13.3. The van der Waals surface area contributed by atoms with Crippen LogP contribution >= 0.6 is 0 Å². The fraction of sp³-hybridized carbons (Fsp3) is 0.929. The Balaban J connectivity index is 3.04. The van der Waals surface area contributed by atoms with Crippen molar-refractivity contribution in [3.8, 4) is 0 Å². The standard InChI is InChI=1S/C14H30N2O5/c1-3-8-21-14(17)16-7-11-20-13-12-19-10-6-15-5-9-18-4-2/h15H,3-13H2,1-2H3,(H,16,17). The highest BCUT2D eigenvalue weighted by Gasteiger charge is 1.99. The first-order valence-electron chi connectivity index (χ1n) is 7.65. The predicted octanol–water partition coefficient (Wildman–Crippen LogP) is 0.782. The van der Waals surface area contributed by atoms with E-state index in [1.807, 2.05) is 13.8 Å². The highest BCUT2D eigenvalue weighted by Crippen LogP contribution is 1.82. The van der Waals surface area contributed by atoms with Gasteiger partial charge in [-0.05, 0) is 13.3 Å². The third kappa shape index (κ3) is 17.1. The average Bonchev–Trinajstić information content (AvgIpc) is 2.49. The molecule has 0 saturated heterocycles. The van der Waals surface area contributed by atoms with Crippen LogP contribution < -0.4 is 10.6 Å². The third-order valence-corrected chi connectivity index (χ3v) is 2.38. The maximum atomic E-state index is 11.1. The van der Waals surface area contributed by atoms with Gasteiger partial charge >= 0.3 is 6.09 Å². The van der Waals surface area contributed by atoms with Gasteiger partial charge in [0.25, 0.3) is 0 Å². The van der Waals surface area contributed by atoms with Crippen molar-refractivity contribution in [2.45, 2.75) is 20.3 Å². The van der Waals surface area contributed by atoms with Crippen LogP contribution in [0.15, 0.2) is 0 Å². The highest BCUT2D eigenvalue weighted by molar-refractivity contribution is 5.66. The van der Waals surface area contributed by atoms with Crippen LogP contribution in [0.5, 0.6) is 0 Å². The Labute approximate surface area is 127 Å². The van der Waals surface area contributed by atoms with Gasteiger partial charge in [0.2, 0.25) is 0 Å². The van der Waals surface area contributed by atoms with E-state index in [1.165, 1.54) is 0 Å². The number of hydrogen-bond acceptors (Lipinski definition) is 6. The summed E-state index contributed by atoms with van der Waals surface area (Å²) < 4.78 is 20.7. The molecule has 0 unspecified atom stereocenters. The summed E-state index contributed by atoms with van der Waals surface area (Å²) >= 11 is 0. The average molecular weight is 306 g/mol. The van der Waals surface area contributed by atoms with E-state index in [-0.39, 0.29) is 0 Å². The molecule has 0 saturated carbocycles. The molecule has 0 radical (unpaired) electrons. The lowest BCUT2D eigenvalue weighted by molar-refractivity contribution is 0.0488. The van der Waals surface area contributed by atoms with Crippen LogP contribution in [-0.2, 0) is 18.9 Å². The molecule has 0 aromatic carbocycles. The molecule has 21 heavy (non-hydrogen) atoms. The van der Waals surface area contributed by atoms with E-state index in [1.54, 1.807) is 0 Å². The SMILES string of the molecule is CCCOC(=O)NCCOCCOCCNCCOCC. The lowest BCUT2D eigenvalue weighted by atomic mass is 10.5. The smallest absolute Gasteiger partial charge is 0.407 e. The number of amides is 1. The van der Waals surface area contributed by atoms with Crippen molar-refractivity contribution >= 4 is 6.09 Å². The number of carbonyl (C=O) groups is 1. The molecule has 0 atom stereocenters. The van der Waals surface area contributed by atoms with Crippen molar-refractivity contribution in [2.75, 3.05) is 65.9 Å². The number of rotatable bonds is 15. The lowest BCUT2D eigenvalue weighted by Crippen LogP contribution is -2.28. The van der Waals surface area contributed by atoms with Gasteiger partial charge in [-0.1, -0.05) is 6.92 Å². The third-order valence-electron chi connectivity index (χ3n) is 2.38. The van der Waals surface area contributed by atoms with Crippen LogP contribution in [0, 0.1) is 0 Å². The van der Waals surface area contributed by atoms with Crippen molar-refractivity contribution < 1.29 is 23.7 Å². The van der Waals surface area contributed by atoms with Crippen molar-refractivity contribution in [2.24, 2.45) is 0 Å². The molecule has 0 bridgehead atoms. The first-order valence-corrected chi connectivity index (χ1v) is 7.65. The molecule has 0 aromatic heterocycles. The van der Waals surface area contributed by atoms with Gasteiger partial charge < -0.3 is 29.6 Å². The van der Waals surface area contributed by atoms with E-state index >= 15 is 0 Å². The Morgan fingerprint density at radius 2 is 1.43 bits per heavy atom. The molecular formula is C14H30N2O5. The molecule has 0 heterocycles. The van der Waals surface area contributed by atoms with E-state index in [0.717, 1.165) is 32.7 Å². The molecular weight excluding hydrogens is 276 g/mol. The summed E-state index contributed by atoms with van der Waals surface area (Å²) in [5.74, 6) is 0. The monoisotopic (exact) mass is 306 g/mol. The van der Waals surface area contributed by atoms with Crippen molar-refractivity contribution in [3.63, 3.8) is 0 Å². The summed E-state index contributed by atoms with van der Waals surface area (Å²) in [7, 11) is 0. The Morgan fingerprint density at radius 3 is 2.05 bits per heavy atom. The maximum absolute atomic E-state index is 11.1. The van der Waals surface area contributed by atoms with Gasteiger partial charge in [-0.2, -0.15) is 0 Å². The molecule has 0 fully saturated rings. The van der Waals surface area contributed by atoms with Crippen LogP contribution in [0.25, 0.3) is 0 Å². The fourth-order valence-electron chi connectivity index (χ4n) is 1.35. The second-order valence-electron chi connectivity index (χ2n) is 4.23. The summed E-state index contributed by atoms with van der Waals surface area (Å²) in [5.41, 5.74) is 0. The number of alkyl carbamates (subject to hydrolysis) is 1. The molecule has 0 spiro atoms. The van der Waals surface area contributed by atoms with Gasteiger partial charge in [0.1, 0.15) is 0 Å². The van der Waals surface area contributed by atoms with E-state index in [4.69, 9.17) is 18.9 Å². The highest BCUT2D eigenvalue weighted by atomic mass is 16.5. The quantitative estimate of drug-likeness (QED) is 0.435. The Kier molecular flexibility index (Phi) is 16.4. The van der Waals surface area contributed by atoms with E-state index in [2.05, 4.69) is 10.6 Å². The topological polar surface area (TPSA) is 78.1 Å². The molecule has 0 aliphatic carbocycles. The maximum Gasteiger partial charge on any atom is 0.407 e. The Hall–Kier alpha value is -0.890. The minimum absolute atomic E-state index is 0.394. The van der Waals surface area contributed by atoms with Crippen LogP contribution in [0.2, 0.25) is 0 Å². The minimum Gasteiger partial charge on any atom is -0.450 e. The molecule has 126 valence electrons.